The molecule has 0 aliphatic rings. The molecular formula is C11H8BrClFN3O. The lowest BCUT2D eigenvalue weighted by Gasteiger charge is -2.08. The molecule has 0 saturated carbocycles. The molecule has 2 rings (SSSR count). The quantitative estimate of drug-likeness (QED) is 0.859. The van der Waals surface area contributed by atoms with Crippen LogP contribution in [0.15, 0.2) is 33.8 Å². The lowest BCUT2D eigenvalue weighted by atomic mass is 10.2. The molecule has 4 nitrogen and oxygen atoms in total. The number of hydrogen-bond acceptors (Lipinski definition) is 3. The van der Waals surface area contributed by atoms with Crippen LogP contribution in [0, 0.1) is 5.82 Å². The van der Waals surface area contributed by atoms with E-state index in [-0.39, 0.29) is 17.4 Å². The molecule has 0 aliphatic heterocycles. The van der Waals surface area contributed by atoms with E-state index in [1.54, 1.807) is 12.1 Å². The van der Waals surface area contributed by atoms with Crippen LogP contribution in [0.4, 0.5) is 10.1 Å². The molecule has 0 atom stereocenters. The molecule has 0 aliphatic carbocycles. The summed E-state index contributed by atoms with van der Waals surface area (Å²) < 4.78 is 15.5. The van der Waals surface area contributed by atoms with Crippen molar-refractivity contribution in [1.82, 2.24) is 9.55 Å². The summed E-state index contributed by atoms with van der Waals surface area (Å²) >= 11 is 8.85. The first-order valence-electron chi connectivity index (χ1n) is 4.93. The Kier molecular flexibility index (Phi) is 3.68. The van der Waals surface area contributed by atoms with Gasteiger partial charge in [0.2, 0.25) is 0 Å². The number of nitrogens with two attached hydrogens (primary N) is 1. The van der Waals surface area contributed by atoms with Gasteiger partial charge in [-0.05, 0) is 18.2 Å². The Labute approximate surface area is 115 Å². The first-order chi connectivity index (χ1) is 8.49. The number of halogens is 3. The molecule has 7 heteroatoms. The second kappa shape index (κ2) is 5.07. The molecular weight excluding hydrogens is 324 g/mol. The molecule has 1 heterocycles. The van der Waals surface area contributed by atoms with Crippen LogP contribution in [0.25, 0.3) is 0 Å². The number of aromatic nitrogens is 2. The summed E-state index contributed by atoms with van der Waals surface area (Å²) in [4.78, 5) is 15.5. The molecule has 0 amide bonds. The van der Waals surface area contributed by atoms with Crippen LogP contribution in [0.2, 0.25) is 5.15 Å². The van der Waals surface area contributed by atoms with Gasteiger partial charge >= 0.3 is 0 Å². The summed E-state index contributed by atoms with van der Waals surface area (Å²) in [7, 11) is 0. The fraction of sp³-hybridized carbons (Fsp3) is 0.0909. The number of nitrogens with zero attached hydrogens (tertiary/aromatic N) is 2. The zero-order valence-corrected chi connectivity index (χ0v) is 11.4. The maximum atomic E-state index is 13.6. The second-order valence-electron chi connectivity index (χ2n) is 3.62. The monoisotopic (exact) mass is 331 g/mol. The standard InChI is InChI=1S/C11H8BrClFN3O/c12-7-1-2-8(14)6(3-7)4-17-5-16-10(13)9(15)11(17)18/h1-3,5H,4,15H2. The van der Waals surface area contributed by atoms with E-state index in [4.69, 9.17) is 17.3 Å². The maximum Gasteiger partial charge on any atom is 0.278 e. The molecule has 2 N–H and O–H groups in total. The van der Waals surface area contributed by atoms with Gasteiger partial charge in [-0.3, -0.25) is 9.36 Å². The fourth-order valence-corrected chi connectivity index (χ4v) is 1.98. The van der Waals surface area contributed by atoms with Crippen LogP contribution in [0.1, 0.15) is 5.56 Å². The Balaban J connectivity index is 2.44. The number of anilines is 1. The average molecular weight is 333 g/mol. The van der Waals surface area contributed by atoms with Crippen LogP contribution >= 0.6 is 27.5 Å². The third-order valence-corrected chi connectivity index (χ3v) is 3.17. The van der Waals surface area contributed by atoms with E-state index in [2.05, 4.69) is 20.9 Å². The number of nitrogen functional groups attached to an aromatic ring is 1. The van der Waals surface area contributed by atoms with Crippen molar-refractivity contribution < 1.29 is 4.39 Å². The van der Waals surface area contributed by atoms with Crippen LogP contribution in [-0.4, -0.2) is 9.55 Å². The van der Waals surface area contributed by atoms with Gasteiger partial charge in [0.05, 0.1) is 12.9 Å². The zero-order valence-electron chi connectivity index (χ0n) is 9.03. The first kappa shape index (κ1) is 13.0. The molecule has 18 heavy (non-hydrogen) atoms. The van der Waals surface area contributed by atoms with Gasteiger partial charge in [0.15, 0.2) is 5.15 Å². The van der Waals surface area contributed by atoms with Gasteiger partial charge in [0, 0.05) is 10.0 Å². The largest absolute Gasteiger partial charge is 0.392 e. The SMILES string of the molecule is Nc1c(Cl)ncn(Cc2cc(Br)ccc2F)c1=O. The van der Waals surface area contributed by atoms with Crippen molar-refractivity contribution in [2.45, 2.75) is 6.54 Å². The lowest BCUT2D eigenvalue weighted by molar-refractivity contribution is 0.594. The molecule has 1 aromatic carbocycles. The summed E-state index contributed by atoms with van der Waals surface area (Å²) in [5.74, 6) is -0.404. The topological polar surface area (TPSA) is 60.9 Å². The van der Waals surface area contributed by atoms with E-state index in [9.17, 15) is 9.18 Å². The van der Waals surface area contributed by atoms with Gasteiger partial charge in [0.25, 0.3) is 5.56 Å². The molecule has 2 aromatic rings. The molecule has 0 fully saturated rings. The third kappa shape index (κ3) is 2.54. The van der Waals surface area contributed by atoms with Crippen LogP contribution in [-0.2, 0) is 6.54 Å². The van der Waals surface area contributed by atoms with E-state index in [0.29, 0.717) is 5.56 Å². The second-order valence-corrected chi connectivity index (χ2v) is 4.89. The smallest absolute Gasteiger partial charge is 0.278 e. The maximum absolute atomic E-state index is 13.6. The van der Waals surface area contributed by atoms with Crippen molar-refractivity contribution in [2.75, 3.05) is 5.73 Å². The molecule has 0 spiro atoms. The predicted molar refractivity (Wildman–Crippen MR) is 71.1 cm³/mol. The average Bonchev–Trinajstić information content (AvgIpc) is 2.34. The van der Waals surface area contributed by atoms with E-state index in [0.717, 1.165) is 4.47 Å². The zero-order chi connectivity index (χ0) is 13.3. The van der Waals surface area contributed by atoms with Gasteiger partial charge in [-0.2, -0.15) is 0 Å². The number of benzene rings is 1. The minimum absolute atomic E-state index is 0.0402. The van der Waals surface area contributed by atoms with E-state index in [1.165, 1.54) is 17.0 Å². The summed E-state index contributed by atoms with van der Waals surface area (Å²) in [5.41, 5.74) is 5.19. The highest BCUT2D eigenvalue weighted by atomic mass is 79.9. The Morgan fingerprint density at radius 3 is 2.94 bits per heavy atom. The fourth-order valence-electron chi connectivity index (χ4n) is 1.45. The summed E-state index contributed by atoms with van der Waals surface area (Å²) in [6.45, 7) is 0.0402. The summed E-state index contributed by atoms with van der Waals surface area (Å²) in [5, 5.41) is -0.0500. The van der Waals surface area contributed by atoms with Crippen LogP contribution < -0.4 is 11.3 Å². The van der Waals surface area contributed by atoms with E-state index >= 15 is 0 Å². The van der Waals surface area contributed by atoms with Crippen molar-refractivity contribution >= 4 is 33.2 Å². The van der Waals surface area contributed by atoms with Crippen molar-refractivity contribution in [3.8, 4) is 0 Å². The molecule has 0 radical (unpaired) electrons. The van der Waals surface area contributed by atoms with Crippen molar-refractivity contribution in [1.29, 1.82) is 0 Å². The Hall–Kier alpha value is -1.40. The molecule has 0 saturated heterocycles. The van der Waals surface area contributed by atoms with E-state index < -0.39 is 11.4 Å². The Bertz CT molecular complexity index is 659. The molecule has 94 valence electrons. The van der Waals surface area contributed by atoms with Gasteiger partial charge in [-0.15, -0.1) is 0 Å². The summed E-state index contributed by atoms with van der Waals surface area (Å²) in [6.07, 6.45) is 1.24. The molecule has 0 bridgehead atoms. The first-order valence-corrected chi connectivity index (χ1v) is 6.10. The van der Waals surface area contributed by atoms with Crippen LogP contribution in [0.5, 0.6) is 0 Å². The van der Waals surface area contributed by atoms with Crippen molar-refractivity contribution in [3.05, 3.63) is 55.9 Å². The summed E-state index contributed by atoms with van der Waals surface area (Å²) in [6, 6.07) is 4.49. The van der Waals surface area contributed by atoms with Crippen LogP contribution in [0.3, 0.4) is 0 Å². The normalized spacial score (nSPS) is 10.6. The lowest BCUT2D eigenvalue weighted by Crippen LogP contribution is -2.24. The van der Waals surface area contributed by atoms with E-state index in [1.807, 2.05) is 0 Å². The molecule has 1 aromatic heterocycles. The Morgan fingerprint density at radius 1 is 1.50 bits per heavy atom. The van der Waals surface area contributed by atoms with Crippen molar-refractivity contribution in [3.63, 3.8) is 0 Å². The van der Waals surface area contributed by atoms with Gasteiger partial charge in [-0.1, -0.05) is 27.5 Å². The Morgan fingerprint density at radius 2 is 2.22 bits per heavy atom. The number of hydrogen-bond donors (Lipinski definition) is 1. The van der Waals surface area contributed by atoms with Crippen molar-refractivity contribution in [2.24, 2.45) is 0 Å². The highest BCUT2D eigenvalue weighted by molar-refractivity contribution is 9.10. The highest BCUT2D eigenvalue weighted by Gasteiger charge is 2.09. The third-order valence-electron chi connectivity index (χ3n) is 2.37. The molecule has 0 unspecified atom stereocenters. The number of rotatable bonds is 2. The highest BCUT2D eigenvalue weighted by Crippen LogP contribution is 2.16. The predicted octanol–water partition coefficient (Wildman–Crippen LogP) is 2.43. The minimum atomic E-state index is -0.491. The minimum Gasteiger partial charge on any atom is -0.392 e. The van der Waals surface area contributed by atoms with Gasteiger partial charge < -0.3 is 5.73 Å². The van der Waals surface area contributed by atoms with Gasteiger partial charge in [0.1, 0.15) is 11.5 Å². The van der Waals surface area contributed by atoms with Gasteiger partial charge in [-0.25, -0.2) is 9.37 Å².